The summed E-state index contributed by atoms with van der Waals surface area (Å²) in [6.45, 7) is 3.85. The van der Waals surface area contributed by atoms with E-state index < -0.39 is 5.97 Å². The molecule has 0 spiro atoms. The third-order valence-corrected chi connectivity index (χ3v) is 3.19. The van der Waals surface area contributed by atoms with E-state index in [1.54, 1.807) is 32.4 Å². The van der Waals surface area contributed by atoms with Crippen LogP contribution in [0.1, 0.15) is 24.2 Å². The van der Waals surface area contributed by atoms with Gasteiger partial charge in [0.15, 0.2) is 0 Å². The van der Waals surface area contributed by atoms with E-state index in [0.717, 1.165) is 10.8 Å². The molecule has 0 aliphatic carbocycles. The molecule has 0 aliphatic heterocycles. The Balaban J connectivity index is 2.77. The number of esters is 1. The summed E-state index contributed by atoms with van der Waals surface area (Å²) in [5, 5.41) is 1.58. The number of carbonyl (C=O) groups excluding carboxylic acids is 1. The molecule has 2 rings (SSSR count). The zero-order chi connectivity index (χ0) is 16.3. The summed E-state index contributed by atoms with van der Waals surface area (Å²) in [5.41, 5.74) is 0.418. The lowest BCUT2D eigenvalue weighted by Crippen LogP contribution is -2.08. The van der Waals surface area contributed by atoms with Gasteiger partial charge < -0.3 is 18.9 Å². The fourth-order valence-electron chi connectivity index (χ4n) is 2.27. The Morgan fingerprint density at radius 1 is 0.955 bits per heavy atom. The minimum Gasteiger partial charge on any atom is -0.497 e. The number of hydrogen-bond acceptors (Lipinski definition) is 5. The predicted molar refractivity (Wildman–Crippen MR) is 84.2 cm³/mol. The lowest BCUT2D eigenvalue weighted by atomic mass is 10.0. The highest BCUT2D eigenvalue weighted by molar-refractivity contribution is 6.01. The topological polar surface area (TPSA) is 54.0 Å². The molecule has 22 heavy (non-hydrogen) atoms. The molecule has 5 nitrogen and oxygen atoms in total. The van der Waals surface area contributed by atoms with Crippen molar-refractivity contribution < 1.29 is 23.7 Å². The molecule has 0 heterocycles. The zero-order valence-electron chi connectivity index (χ0n) is 13.4. The molecule has 0 unspecified atom stereocenters. The second-order valence-corrected chi connectivity index (χ2v) is 5.06. The van der Waals surface area contributed by atoms with Crippen molar-refractivity contribution >= 4 is 16.7 Å². The molecule has 0 radical (unpaired) electrons. The first-order chi connectivity index (χ1) is 10.5. The molecular formula is C17H20O5. The molecule has 2 aromatic rings. The van der Waals surface area contributed by atoms with Crippen LogP contribution >= 0.6 is 0 Å². The van der Waals surface area contributed by atoms with Crippen molar-refractivity contribution in [1.82, 2.24) is 0 Å². The van der Waals surface area contributed by atoms with Crippen molar-refractivity contribution in [2.45, 2.75) is 20.0 Å². The minimum absolute atomic E-state index is 0.0390. The second-order valence-electron chi connectivity index (χ2n) is 5.06. The zero-order valence-corrected chi connectivity index (χ0v) is 13.4. The number of rotatable bonds is 5. The average molecular weight is 304 g/mol. The van der Waals surface area contributed by atoms with Crippen LogP contribution in [0, 0.1) is 0 Å². The molecule has 0 amide bonds. The van der Waals surface area contributed by atoms with Gasteiger partial charge in [-0.1, -0.05) is 0 Å². The third-order valence-electron chi connectivity index (χ3n) is 3.19. The summed E-state index contributed by atoms with van der Waals surface area (Å²) in [6.07, 6.45) is -0.0390. The van der Waals surface area contributed by atoms with Crippen LogP contribution < -0.4 is 14.2 Å². The van der Waals surface area contributed by atoms with Gasteiger partial charge in [0, 0.05) is 6.07 Å². The Bertz CT molecular complexity index is 691. The lowest BCUT2D eigenvalue weighted by molar-refractivity contribution is 0.0600. The number of hydrogen-bond donors (Lipinski definition) is 0. The second kappa shape index (κ2) is 6.56. The SMILES string of the molecule is COC(=O)c1cc(OC(C)C)c2c(OC)cc(OC)cc2c1. The summed E-state index contributed by atoms with van der Waals surface area (Å²) in [4.78, 5) is 11.9. The largest absolute Gasteiger partial charge is 0.497 e. The van der Waals surface area contributed by atoms with Gasteiger partial charge in [-0.15, -0.1) is 0 Å². The Labute approximate surface area is 129 Å². The summed E-state index contributed by atoms with van der Waals surface area (Å²) >= 11 is 0. The van der Waals surface area contributed by atoms with E-state index in [2.05, 4.69) is 0 Å². The summed E-state index contributed by atoms with van der Waals surface area (Å²) in [5.74, 6) is 1.42. The maximum Gasteiger partial charge on any atom is 0.338 e. The Hall–Kier alpha value is -2.43. The summed E-state index contributed by atoms with van der Waals surface area (Å²) in [7, 11) is 4.51. The van der Waals surface area contributed by atoms with Crippen LogP contribution in [0.2, 0.25) is 0 Å². The lowest BCUT2D eigenvalue weighted by Gasteiger charge is -2.17. The van der Waals surface area contributed by atoms with Crippen LogP contribution in [0.15, 0.2) is 24.3 Å². The van der Waals surface area contributed by atoms with Crippen LogP contribution in [0.4, 0.5) is 0 Å². The van der Waals surface area contributed by atoms with Gasteiger partial charge in [0.2, 0.25) is 0 Å². The van der Waals surface area contributed by atoms with Crippen LogP contribution in [0.3, 0.4) is 0 Å². The number of carbonyl (C=O) groups is 1. The maximum absolute atomic E-state index is 11.9. The van der Waals surface area contributed by atoms with Gasteiger partial charge in [-0.2, -0.15) is 0 Å². The molecule has 0 N–H and O–H groups in total. The molecule has 0 aromatic heterocycles. The van der Waals surface area contributed by atoms with Crippen LogP contribution in [-0.4, -0.2) is 33.4 Å². The first-order valence-electron chi connectivity index (χ1n) is 6.95. The van der Waals surface area contributed by atoms with E-state index >= 15 is 0 Å². The minimum atomic E-state index is -0.419. The fraction of sp³-hybridized carbons (Fsp3) is 0.353. The van der Waals surface area contributed by atoms with Crippen molar-refractivity contribution in [3.05, 3.63) is 29.8 Å². The number of methoxy groups -OCH3 is 3. The molecule has 0 bridgehead atoms. The van der Waals surface area contributed by atoms with Gasteiger partial charge in [0.05, 0.1) is 38.4 Å². The standard InChI is InChI=1S/C17H20O5/c1-10(2)22-15-8-12(17(18)21-5)6-11-7-13(19-3)9-14(20-4)16(11)15/h6-10H,1-5H3. The summed E-state index contributed by atoms with van der Waals surface area (Å²) < 4.78 is 21.4. The van der Waals surface area contributed by atoms with E-state index in [0.29, 0.717) is 22.8 Å². The molecule has 0 aliphatic rings. The molecule has 5 heteroatoms. The third kappa shape index (κ3) is 3.08. The van der Waals surface area contributed by atoms with E-state index in [-0.39, 0.29) is 6.10 Å². The fourth-order valence-corrected chi connectivity index (χ4v) is 2.27. The van der Waals surface area contributed by atoms with E-state index in [4.69, 9.17) is 18.9 Å². The smallest absolute Gasteiger partial charge is 0.338 e. The number of benzene rings is 2. The highest BCUT2D eigenvalue weighted by Gasteiger charge is 2.17. The van der Waals surface area contributed by atoms with Crippen molar-refractivity contribution in [3.8, 4) is 17.2 Å². The maximum atomic E-state index is 11.9. The van der Waals surface area contributed by atoms with Gasteiger partial charge in [-0.3, -0.25) is 0 Å². The Morgan fingerprint density at radius 3 is 2.23 bits per heavy atom. The Kier molecular flexibility index (Phi) is 4.75. The number of ether oxygens (including phenoxy) is 4. The van der Waals surface area contributed by atoms with Crippen molar-refractivity contribution in [2.24, 2.45) is 0 Å². The van der Waals surface area contributed by atoms with Crippen molar-refractivity contribution in [1.29, 1.82) is 0 Å². The van der Waals surface area contributed by atoms with Gasteiger partial charge >= 0.3 is 5.97 Å². The normalized spacial score (nSPS) is 10.6. The monoisotopic (exact) mass is 304 g/mol. The Morgan fingerprint density at radius 2 is 1.68 bits per heavy atom. The molecule has 0 atom stereocenters. The van der Waals surface area contributed by atoms with Crippen LogP contribution in [-0.2, 0) is 4.74 Å². The molecule has 118 valence electrons. The quantitative estimate of drug-likeness (QED) is 0.792. The molecule has 0 saturated heterocycles. The van der Waals surface area contributed by atoms with Gasteiger partial charge in [0.25, 0.3) is 0 Å². The van der Waals surface area contributed by atoms with E-state index in [1.165, 1.54) is 7.11 Å². The molecule has 0 saturated carbocycles. The van der Waals surface area contributed by atoms with Crippen LogP contribution in [0.5, 0.6) is 17.2 Å². The predicted octanol–water partition coefficient (Wildman–Crippen LogP) is 3.43. The van der Waals surface area contributed by atoms with Crippen molar-refractivity contribution in [2.75, 3.05) is 21.3 Å². The van der Waals surface area contributed by atoms with Gasteiger partial charge in [-0.05, 0) is 37.4 Å². The first-order valence-corrected chi connectivity index (χ1v) is 6.95. The number of fused-ring (bicyclic) bond motifs is 1. The van der Waals surface area contributed by atoms with E-state index in [9.17, 15) is 4.79 Å². The summed E-state index contributed by atoms with van der Waals surface area (Å²) in [6, 6.07) is 7.02. The van der Waals surface area contributed by atoms with Crippen molar-refractivity contribution in [3.63, 3.8) is 0 Å². The molecular weight excluding hydrogens is 284 g/mol. The highest BCUT2D eigenvalue weighted by atomic mass is 16.5. The molecule has 2 aromatic carbocycles. The van der Waals surface area contributed by atoms with Gasteiger partial charge in [-0.25, -0.2) is 4.79 Å². The van der Waals surface area contributed by atoms with Gasteiger partial charge in [0.1, 0.15) is 17.2 Å². The van der Waals surface area contributed by atoms with E-state index in [1.807, 2.05) is 19.9 Å². The first kappa shape index (κ1) is 15.9. The van der Waals surface area contributed by atoms with Crippen LogP contribution in [0.25, 0.3) is 10.8 Å². The highest BCUT2D eigenvalue weighted by Crippen LogP contribution is 2.39. The molecule has 0 fully saturated rings. The average Bonchev–Trinajstić information content (AvgIpc) is 2.51.